The lowest BCUT2D eigenvalue weighted by Crippen LogP contribution is -2.35. The third-order valence-corrected chi connectivity index (χ3v) is 4.59. The summed E-state index contributed by atoms with van der Waals surface area (Å²) in [4.78, 5) is 41.6. The Kier molecular flexibility index (Phi) is 5.35. The Balaban J connectivity index is 1.99. The zero-order chi connectivity index (χ0) is 18.7. The molecule has 2 aromatic rings. The second-order valence-electron chi connectivity index (χ2n) is 6.59. The van der Waals surface area contributed by atoms with Crippen molar-refractivity contribution in [1.82, 2.24) is 14.9 Å². The monoisotopic (exact) mass is 357 g/mol. The van der Waals surface area contributed by atoms with Gasteiger partial charge in [-0.15, -0.1) is 0 Å². The molecule has 0 spiro atoms. The molecule has 1 N–H and O–H groups in total. The number of pyridine rings is 2. The second kappa shape index (κ2) is 7.68. The number of carbonyl (C=O) groups excluding carboxylic acids is 2. The molecule has 1 aliphatic carbocycles. The molecular formula is C19H23N3O4. The first kappa shape index (κ1) is 18.1. The van der Waals surface area contributed by atoms with Crippen molar-refractivity contribution < 1.29 is 14.3 Å². The van der Waals surface area contributed by atoms with Crippen LogP contribution in [0, 0.1) is 6.92 Å². The van der Waals surface area contributed by atoms with E-state index in [0.29, 0.717) is 11.0 Å². The van der Waals surface area contributed by atoms with E-state index < -0.39 is 11.4 Å². The summed E-state index contributed by atoms with van der Waals surface area (Å²) in [6.45, 7) is 3.66. The molecule has 0 unspecified atom stereocenters. The summed E-state index contributed by atoms with van der Waals surface area (Å²) in [7, 11) is 0. The number of nitrogens with zero attached hydrogens (tertiary/aromatic N) is 2. The predicted molar refractivity (Wildman–Crippen MR) is 97.1 cm³/mol. The quantitative estimate of drug-likeness (QED) is 0.826. The van der Waals surface area contributed by atoms with E-state index in [1.54, 1.807) is 23.6 Å². The topological polar surface area (TPSA) is 90.3 Å². The van der Waals surface area contributed by atoms with Crippen molar-refractivity contribution in [3.8, 4) is 0 Å². The van der Waals surface area contributed by atoms with Crippen LogP contribution < -0.4 is 10.7 Å². The molecule has 1 amide bonds. The Morgan fingerprint density at radius 3 is 2.73 bits per heavy atom. The number of fused-ring (bicyclic) bond motifs is 1. The van der Waals surface area contributed by atoms with Crippen molar-refractivity contribution in [2.24, 2.45) is 0 Å². The summed E-state index contributed by atoms with van der Waals surface area (Å²) in [6.07, 6.45) is 5.60. The highest BCUT2D eigenvalue weighted by molar-refractivity contribution is 5.93. The van der Waals surface area contributed by atoms with Gasteiger partial charge in [0.05, 0.1) is 12.0 Å². The van der Waals surface area contributed by atoms with Gasteiger partial charge in [0.15, 0.2) is 0 Å². The van der Waals surface area contributed by atoms with E-state index in [9.17, 15) is 14.4 Å². The number of aryl methyl sites for hydroxylation is 1. The van der Waals surface area contributed by atoms with Gasteiger partial charge in [-0.05, 0) is 38.8 Å². The van der Waals surface area contributed by atoms with E-state index in [1.807, 2.05) is 6.92 Å². The predicted octanol–water partition coefficient (Wildman–Crippen LogP) is 1.94. The average Bonchev–Trinajstić information content (AvgIpc) is 3.10. The summed E-state index contributed by atoms with van der Waals surface area (Å²) in [6, 6.07) is 3.54. The Morgan fingerprint density at radius 1 is 1.31 bits per heavy atom. The molecule has 2 heterocycles. The Morgan fingerprint density at radius 2 is 2.04 bits per heavy atom. The summed E-state index contributed by atoms with van der Waals surface area (Å²) >= 11 is 0. The molecular weight excluding hydrogens is 334 g/mol. The van der Waals surface area contributed by atoms with Crippen molar-refractivity contribution in [3.05, 3.63) is 39.8 Å². The third-order valence-electron chi connectivity index (χ3n) is 4.59. The van der Waals surface area contributed by atoms with Crippen LogP contribution >= 0.6 is 0 Å². The number of hydrogen-bond acceptors (Lipinski definition) is 5. The normalized spacial score (nSPS) is 14.5. The van der Waals surface area contributed by atoms with Crippen LogP contribution in [-0.2, 0) is 16.1 Å². The molecule has 1 aliphatic rings. The first-order valence-electron chi connectivity index (χ1n) is 8.97. The Hall–Kier alpha value is -2.70. The average molecular weight is 357 g/mol. The molecule has 0 bridgehead atoms. The Labute approximate surface area is 151 Å². The highest BCUT2D eigenvalue weighted by Gasteiger charge is 2.20. The van der Waals surface area contributed by atoms with Gasteiger partial charge in [0, 0.05) is 17.9 Å². The van der Waals surface area contributed by atoms with Gasteiger partial charge in [-0.3, -0.25) is 9.59 Å². The van der Waals surface area contributed by atoms with Gasteiger partial charge in [0.2, 0.25) is 11.3 Å². The first-order chi connectivity index (χ1) is 12.5. The molecule has 2 aromatic heterocycles. The van der Waals surface area contributed by atoms with E-state index in [-0.39, 0.29) is 30.7 Å². The lowest BCUT2D eigenvalue weighted by atomic mass is 10.1. The molecule has 26 heavy (non-hydrogen) atoms. The highest BCUT2D eigenvalue weighted by atomic mass is 16.5. The van der Waals surface area contributed by atoms with E-state index in [0.717, 1.165) is 31.4 Å². The van der Waals surface area contributed by atoms with Crippen LogP contribution in [0.1, 0.15) is 48.7 Å². The maximum atomic E-state index is 12.6. The largest absolute Gasteiger partial charge is 0.462 e. The van der Waals surface area contributed by atoms with Gasteiger partial charge in [-0.25, -0.2) is 9.78 Å². The van der Waals surface area contributed by atoms with Crippen molar-refractivity contribution in [3.63, 3.8) is 0 Å². The number of rotatable bonds is 5. The maximum Gasteiger partial charge on any atom is 0.343 e. The number of esters is 1. The smallest absolute Gasteiger partial charge is 0.343 e. The van der Waals surface area contributed by atoms with Gasteiger partial charge in [-0.2, -0.15) is 0 Å². The first-order valence-corrected chi connectivity index (χ1v) is 8.97. The third kappa shape index (κ3) is 3.76. The number of ether oxygens (including phenoxy) is 1. The molecule has 7 nitrogen and oxygen atoms in total. The zero-order valence-corrected chi connectivity index (χ0v) is 15.1. The van der Waals surface area contributed by atoms with Crippen molar-refractivity contribution in [2.75, 3.05) is 6.61 Å². The number of hydrogen-bond donors (Lipinski definition) is 1. The number of aromatic nitrogens is 2. The molecule has 138 valence electrons. The molecule has 0 saturated heterocycles. The van der Waals surface area contributed by atoms with Crippen LogP contribution in [0.15, 0.2) is 23.1 Å². The van der Waals surface area contributed by atoms with E-state index in [1.165, 1.54) is 6.20 Å². The molecule has 0 radical (unpaired) electrons. The van der Waals surface area contributed by atoms with Gasteiger partial charge >= 0.3 is 5.97 Å². The summed E-state index contributed by atoms with van der Waals surface area (Å²) in [5.41, 5.74) is 0.604. The second-order valence-corrected chi connectivity index (χ2v) is 6.59. The highest BCUT2D eigenvalue weighted by Crippen LogP contribution is 2.18. The van der Waals surface area contributed by atoms with E-state index >= 15 is 0 Å². The fourth-order valence-electron chi connectivity index (χ4n) is 3.33. The van der Waals surface area contributed by atoms with Crippen LogP contribution in [0.5, 0.6) is 0 Å². The van der Waals surface area contributed by atoms with E-state index in [2.05, 4.69) is 10.3 Å². The van der Waals surface area contributed by atoms with Crippen molar-refractivity contribution >= 4 is 22.9 Å². The standard InChI is InChI=1S/C19H23N3O4/c1-3-26-19(25)15-10-22(11-16(23)21-13-6-4-5-7-13)18-14(17(15)24)9-8-12(2)20-18/h8-10,13H,3-7,11H2,1-2H3,(H,21,23). The minimum Gasteiger partial charge on any atom is -0.462 e. The van der Waals surface area contributed by atoms with E-state index in [4.69, 9.17) is 4.74 Å². The van der Waals surface area contributed by atoms with Crippen molar-refractivity contribution in [1.29, 1.82) is 0 Å². The van der Waals surface area contributed by atoms with Crippen LogP contribution in [0.3, 0.4) is 0 Å². The van der Waals surface area contributed by atoms with Crippen LogP contribution in [-0.4, -0.2) is 34.1 Å². The van der Waals surface area contributed by atoms with Crippen molar-refractivity contribution in [2.45, 2.75) is 52.1 Å². The lowest BCUT2D eigenvalue weighted by Gasteiger charge is -2.15. The number of amides is 1. The minimum absolute atomic E-state index is 0.00383. The zero-order valence-electron chi connectivity index (χ0n) is 15.1. The minimum atomic E-state index is -0.690. The summed E-state index contributed by atoms with van der Waals surface area (Å²) < 4.78 is 6.53. The SMILES string of the molecule is CCOC(=O)c1cn(CC(=O)NC2CCCC2)c2nc(C)ccc2c1=O. The maximum absolute atomic E-state index is 12.6. The molecule has 0 aromatic carbocycles. The molecule has 0 atom stereocenters. The molecule has 3 rings (SSSR count). The molecule has 1 fully saturated rings. The fourth-order valence-corrected chi connectivity index (χ4v) is 3.33. The summed E-state index contributed by atoms with van der Waals surface area (Å²) in [5, 5.41) is 3.31. The molecule has 7 heteroatoms. The van der Waals surface area contributed by atoms with Gasteiger partial charge in [-0.1, -0.05) is 12.8 Å². The van der Waals surface area contributed by atoms with Gasteiger partial charge < -0.3 is 14.6 Å². The van der Waals surface area contributed by atoms with Crippen LogP contribution in [0.2, 0.25) is 0 Å². The number of carbonyl (C=O) groups is 2. The van der Waals surface area contributed by atoms with Crippen LogP contribution in [0.4, 0.5) is 0 Å². The van der Waals surface area contributed by atoms with Gasteiger partial charge in [0.25, 0.3) is 0 Å². The van der Waals surface area contributed by atoms with Crippen LogP contribution in [0.25, 0.3) is 11.0 Å². The Bertz CT molecular complexity index is 898. The number of nitrogens with one attached hydrogen (secondary N) is 1. The summed E-state index contributed by atoms with van der Waals surface area (Å²) in [5.74, 6) is -0.843. The molecule has 1 saturated carbocycles. The fraction of sp³-hybridized carbons (Fsp3) is 0.474. The molecule has 0 aliphatic heterocycles. The van der Waals surface area contributed by atoms with Gasteiger partial charge in [0.1, 0.15) is 17.8 Å². The lowest BCUT2D eigenvalue weighted by molar-refractivity contribution is -0.122.